The highest BCUT2D eigenvalue weighted by molar-refractivity contribution is 5.84. The second-order valence-corrected chi connectivity index (χ2v) is 5.46. The van der Waals surface area contributed by atoms with Crippen molar-refractivity contribution in [1.82, 2.24) is 0 Å². The monoisotopic (exact) mass is 314 g/mol. The Labute approximate surface area is 131 Å². The van der Waals surface area contributed by atoms with Gasteiger partial charge < -0.3 is 14.3 Å². The topological polar surface area (TPSA) is 59.7 Å². The molecular formula is C18H15FO4. The lowest BCUT2D eigenvalue weighted by atomic mass is 10.1. The number of hydrogen-bond acceptors (Lipinski definition) is 4. The van der Waals surface area contributed by atoms with Gasteiger partial charge in [0, 0.05) is 23.8 Å². The molecule has 3 rings (SSSR count). The molecule has 0 amide bonds. The van der Waals surface area contributed by atoms with Crippen LogP contribution in [-0.4, -0.2) is 11.2 Å². The van der Waals surface area contributed by atoms with E-state index >= 15 is 0 Å². The minimum Gasteiger partial charge on any atom is -0.507 e. The first-order chi connectivity index (χ1) is 10.9. The summed E-state index contributed by atoms with van der Waals surface area (Å²) in [6, 6.07) is 10.3. The largest absolute Gasteiger partial charge is 0.507 e. The summed E-state index contributed by atoms with van der Waals surface area (Å²) in [5, 5.41) is 9.67. The van der Waals surface area contributed by atoms with Gasteiger partial charge in [0.15, 0.2) is 5.43 Å². The van der Waals surface area contributed by atoms with Gasteiger partial charge in [-0.1, -0.05) is 0 Å². The summed E-state index contributed by atoms with van der Waals surface area (Å²) >= 11 is 0. The van der Waals surface area contributed by atoms with E-state index in [0.29, 0.717) is 17.1 Å². The van der Waals surface area contributed by atoms with Crippen LogP contribution in [-0.2, 0) is 0 Å². The summed E-state index contributed by atoms with van der Waals surface area (Å²) in [6.45, 7) is 3.86. The first kappa shape index (κ1) is 15.1. The van der Waals surface area contributed by atoms with Gasteiger partial charge >= 0.3 is 0 Å². The van der Waals surface area contributed by atoms with Crippen molar-refractivity contribution in [1.29, 1.82) is 0 Å². The highest BCUT2D eigenvalue weighted by atomic mass is 19.1. The molecule has 0 bridgehead atoms. The predicted octanol–water partition coefficient (Wildman–Crippen LogP) is 4.09. The molecule has 0 radical (unpaired) electrons. The Kier molecular flexibility index (Phi) is 3.78. The van der Waals surface area contributed by atoms with Gasteiger partial charge in [-0.25, -0.2) is 4.39 Å². The molecule has 0 aliphatic heterocycles. The maximum atomic E-state index is 13.4. The van der Waals surface area contributed by atoms with E-state index in [0.717, 1.165) is 12.1 Å². The Morgan fingerprint density at radius 3 is 2.48 bits per heavy atom. The Morgan fingerprint density at radius 2 is 1.83 bits per heavy atom. The summed E-state index contributed by atoms with van der Waals surface area (Å²) in [6.07, 6.45) is 0.0606. The fourth-order valence-electron chi connectivity index (χ4n) is 2.35. The Bertz CT molecular complexity index is 911. The molecule has 5 heteroatoms. The molecule has 0 saturated carbocycles. The maximum Gasteiger partial charge on any atom is 0.197 e. The highest BCUT2D eigenvalue weighted by Crippen LogP contribution is 2.28. The molecule has 1 heterocycles. The molecule has 0 atom stereocenters. The summed E-state index contributed by atoms with van der Waals surface area (Å²) < 4.78 is 24.5. The van der Waals surface area contributed by atoms with Gasteiger partial charge in [-0.3, -0.25) is 4.79 Å². The summed E-state index contributed by atoms with van der Waals surface area (Å²) in [4.78, 5) is 12.2. The second-order valence-electron chi connectivity index (χ2n) is 5.46. The van der Waals surface area contributed by atoms with Crippen molar-refractivity contribution in [2.45, 2.75) is 20.0 Å². The molecule has 23 heavy (non-hydrogen) atoms. The number of halogens is 1. The second kappa shape index (κ2) is 5.76. The molecule has 3 aromatic rings. The van der Waals surface area contributed by atoms with E-state index in [2.05, 4.69) is 0 Å². The maximum absolute atomic E-state index is 13.4. The van der Waals surface area contributed by atoms with Gasteiger partial charge in [-0.15, -0.1) is 0 Å². The van der Waals surface area contributed by atoms with E-state index in [9.17, 15) is 14.3 Å². The lowest BCUT2D eigenvalue weighted by molar-refractivity contribution is 0.242. The molecule has 0 saturated heterocycles. The molecule has 118 valence electrons. The van der Waals surface area contributed by atoms with Gasteiger partial charge in [0.1, 0.15) is 34.0 Å². The number of hydrogen-bond donors (Lipinski definition) is 1. The minimum absolute atomic E-state index is 0.00695. The molecule has 4 nitrogen and oxygen atoms in total. The van der Waals surface area contributed by atoms with Crippen LogP contribution in [0.15, 0.2) is 51.7 Å². The fourth-order valence-corrected chi connectivity index (χ4v) is 2.35. The van der Waals surface area contributed by atoms with Crippen LogP contribution in [0, 0.1) is 5.82 Å². The third-order valence-corrected chi connectivity index (χ3v) is 3.29. The van der Waals surface area contributed by atoms with Crippen LogP contribution >= 0.6 is 0 Å². The zero-order valence-corrected chi connectivity index (χ0v) is 12.7. The zero-order chi connectivity index (χ0) is 16.6. The van der Waals surface area contributed by atoms with Crippen molar-refractivity contribution in [3.63, 3.8) is 0 Å². The smallest absolute Gasteiger partial charge is 0.197 e. The van der Waals surface area contributed by atoms with E-state index in [1.807, 2.05) is 13.8 Å². The molecule has 0 aliphatic carbocycles. The SMILES string of the molecule is CC(C)Oc1ccc(-c2cc(=O)c3c(O)cc(F)cc3o2)cc1. The third kappa shape index (κ3) is 3.04. The van der Waals surface area contributed by atoms with Crippen molar-refractivity contribution < 1.29 is 18.7 Å². The number of benzene rings is 2. The standard InChI is InChI=1S/C18H15FO4/c1-10(2)22-13-5-3-11(4-6-13)16-9-15(21)18-14(20)7-12(19)8-17(18)23-16/h3-10,20H,1-2H3. The number of phenols is 1. The van der Waals surface area contributed by atoms with E-state index in [-0.39, 0.29) is 17.1 Å². The average molecular weight is 314 g/mol. The first-order valence-electron chi connectivity index (χ1n) is 7.17. The summed E-state index contributed by atoms with van der Waals surface area (Å²) in [5.41, 5.74) is 0.234. The first-order valence-corrected chi connectivity index (χ1v) is 7.17. The van der Waals surface area contributed by atoms with Crippen LogP contribution in [0.1, 0.15) is 13.8 Å². The molecule has 0 fully saturated rings. The van der Waals surface area contributed by atoms with Crippen LogP contribution < -0.4 is 10.2 Å². The fraction of sp³-hybridized carbons (Fsp3) is 0.167. The number of phenolic OH excluding ortho intramolecular Hbond substituents is 1. The van der Waals surface area contributed by atoms with E-state index < -0.39 is 17.0 Å². The molecule has 1 N–H and O–H groups in total. The average Bonchev–Trinajstić information content (AvgIpc) is 2.46. The third-order valence-electron chi connectivity index (χ3n) is 3.29. The molecule has 1 aromatic heterocycles. The van der Waals surface area contributed by atoms with Crippen LogP contribution in [0.3, 0.4) is 0 Å². The molecule has 2 aromatic carbocycles. The predicted molar refractivity (Wildman–Crippen MR) is 85.3 cm³/mol. The highest BCUT2D eigenvalue weighted by Gasteiger charge is 2.12. The quantitative estimate of drug-likeness (QED) is 0.791. The van der Waals surface area contributed by atoms with Gasteiger partial charge in [0.05, 0.1) is 6.10 Å². The molecule has 0 unspecified atom stereocenters. The van der Waals surface area contributed by atoms with Gasteiger partial charge in [-0.2, -0.15) is 0 Å². The van der Waals surface area contributed by atoms with E-state index in [4.69, 9.17) is 9.15 Å². The van der Waals surface area contributed by atoms with Gasteiger partial charge in [0.2, 0.25) is 0 Å². The van der Waals surface area contributed by atoms with Crippen LogP contribution in [0.4, 0.5) is 4.39 Å². The van der Waals surface area contributed by atoms with Crippen molar-refractivity contribution in [2.75, 3.05) is 0 Å². The number of ether oxygens (including phenoxy) is 1. The van der Waals surface area contributed by atoms with E-state index in [1.165, 1.54) is 6.07 Å². The molecular weight excluding hydrogens is 299 g/mol. The number of aromatic hydroxyl groups is 1. The van der Waals surface area contributed by atoms with Crippen molar-refractivity contribution in [2.24, 2.45) is 0 Å². The molecule has 0 spiro atoms. The van der Waals surface area contributed by atoms with Gasteiger partial charge in [0.25, 0.3) is 0 Å². The number of rotatable bonds is 3. The Hall–Kier alpha value is -2.82. The van der Waals surface area contributed by atoms with Crippen molar-refractivity contribution in [3.8, 4) is 22.8 Å². The lowest BCUT2D eigenvalue weighted by Gasteiger charge is -2.10. The summed E-state index contributed by atoms with van der Waals surface area (Å²) in [7, 11) is 0. The minimum atomic E-state index is -0.670. The Morgan fingerprint density at radius 1 is 1.13 bits per heavy atom. The molecule has 0 aliphatic rings. The van der Waals surface area contributed by atoms with Crippen molar-refractivity contribution in [3.05, 3.63) is 58.5 Å². The lowest BCUT2D eigenvalue weighted by Crippen LogP contribution is -2.05. The van der Waals surface area contributed by atoms with Gasteiger partial charge in [-0.05, 0) is 38.1 Å². The van der Waals surface area contributed by atoms with Crippen LogP contribution in [0.25, 0.3) is 22.3 Å². The van der Waals surface area contributed by atoms with Crippen LogP contribution in [0.5, 0.6) is 11.5 Å². The van der Waals surface area contributed by atoms with Crippen LogP contribution in [0.2, 0.25) is 0 Å². The zero-order valence-electron chi connectivity index (χ0n) is 12.7. The Balaban J connectivity index is 2.08. The van der Waals surface area contributed by atoms with E-state index in [1.54, 1.807) is 24.3 Å². The normalized spacial score (nSPS) is 11.1. The number of fused-ring (bicyclic) bond motifs is 1. The summed E-state index contributed by atoms with van der Waals surface area (Å²) in [5.74, 6) is -0.101. The van der Waals surface area contributed by atoms with Crippen molar-refractivity contribution >= 4 is 11.0 Å².